The summed E-state index contributed by atoms with van der Waals surface area (Å²) >= 11 is 0. The van der Waals surface area contributed by atoms with E-state index in [-0.39, 0.29) is 23.4 Å². The Morgan fingerprint density at radius 1 is 1.09 bits per heavy atom. The molecule has 0 aliphatic carbocycles. The van der Waals surface area contributed by atoms with Crippen molar-refractivity contribution in [1.82, 2.24) is 24.9 Å². The Labute approximate surface area is 123 Å². The van der Waals surface area contributed by atoms with E-state index in [0.29, 0.717) is 5.69 Å². The molecule has 3 N–H and O–H groups in total. The first-order valence-corrected chi connectivity index (χ1v) is 6.12. The van der Waals surface area contributed by atoms with Gasteiger partial charge in [0.2, 0.25) is 11.9 Å². The highest BCUT2D eigenvalue weighted by Crippen LogP contribution is 2.19. The van der Waals surface area contributed by atoms with Gasteiger partial charge in [-0.1, -0.05) is 0 Å². The van der Waals surface area contributed by atoms with E-state index in [2.05, 4.69) is 30.2 Å². The average molecular weight is 301 g/mol. The largest absolute Gasteiger partial charge is 0.368 e. The van der Waals surface area contributed by atoms with Crippen molar-refractivity contribution in [1.29, 1.82) is 0 Å². The highest BCUT2D eigenvalue weighted by atomic mass is 19.1. The van der Waals surface area contributed by atoms with Gasteiger partial charge in [-0.05, 0) is 12.1 Å². The van der Waals surface area contributed by atoms with Crippen LogP contribution in [0.1, 0.15) is 0 Å². The molecule has 0 aliphatic rings. The highest BCUT2D eigenvalue weighted by molar-refractivity contribution is 5.57. The van der Waals surface area contributed by atoms with Crippen molar-refractivity contribution in [3.63, 3.8) is 0 Å². The molecule has 110 valence electrons. The molecule has 3 aromatic heterocycles. The molecule has 0 amide bonds. The maximum absolute atomic E-state index is 13.7. The molecule has 0 unspecified atom stereocenters. The maximum Gasteiger partial charge on any atom is 0.232 e. The molecule has 0 aromatic carbocycles. The zero-order valence-corrected chi connectivity index (χ0v) is 11.0. The lowest BCUT2D eigenvalue weighted by atomic mass is 10.3. The van der Waals surface area contributed by atoms with Crippen LogP contribution in [-0.2, 0) is 0 Å². The number of rotatable bonds is 3. The number of pyridine rings is 2. The minimum Gasteiger partial charge on any atom is -0.368 e. The van der Waals surface area contributed by atoms with Gasteiger partial charge in [0, 0.05) is 12.3 Å². The van der Waals surface area contributed by atoms with Crippen LogP contribution in [0.2, 0.25) is 0 Å². The smallest absolute Gasteiger partial charge is 0.232 e. The zero-order valence-electron chi connectivity index (χ0n) is 11.0. The summed E-state index contributed by atoms with van der Waals surface area (Å²) < 4.78 is 26.8. The highest BCUT2D eigenvalue weighted by Gasteiger charge is 2.12. The Morgan fingerprint density at radius 3 is 2.73 bits per heavy atom. The fraction of sp³-hybridized carbons (Fsp3) is 0. The number of anilines is 3. The molecule has 0 bridgehead atoms. The predicted octanol–water partition coefficient (Wildman–Crippen LogP) is 1.93. The van der Waals surface area contributed by atoms with E-state index in [1.54, 1.807) is 0 Å². The number of nitrogens with one attached hydrogen (secondary N) is 1. The first-order chi connectivity index (χ1) is 10.6. The summed E-state index contributed by atoms with van der Waals surface area (Å²) in [4.78, 5) is 19.3. The average Bonchev–Trinajstić information content (AvgIpc) is 2.47. The second-order valence-electron chi connectivity index (χ2n) is 4.19. The van der Waals surface area contributed by atoms with Crippen LogP contribution in [0.3, 0.4) is 0 Å². The van der Waals surface area contributed by atoms with E-state index in [1.807, 2.05) is 0 Å². The summed E-state index contributed by atoms with van der Waals surface area (Å²) in [6, 6.07) is 3.88. The Bertz CT molecular complexity index is 825. The molecule has 0 spiro atoms. The van der Waals surface area contributed by atoms with Crippen molar-refractivity contribution in [3.8, 4) is 11.5 Å². The number of hydrogen-bond donors (Lipinski definition) is 2. The molecular formula is C13H9F2N7. The SMILES string of the molecule is Nc1nc(Nc2cncc(F)c2)nc(-c2ncccc2F)n1. The minimum atomic E-state index is -0.591. The van der Waals surface area contributed by atoms with Crippen molar-refractivity contribution < 1.29 is 8.78 Å². The lowest BCUT2D eigenvalue weighted by molar-refractivity contribution is 0.622. The van der Waals surface area contributed by atoms with E-state index in [4.69, 9.17) is 5.73 Å². The van der Waals surface area contributed by atoms with Crippen LogP contribution >= 0.6 is 0 Å². The monoisotopic (exact) mass is 301 g/mol. The van der Waals surface area contributed by atoms with E-state index in [0.717, 1.165) is 6.20 Å². The second kappa shape index (κ2) is 5.64. The van der Waals surface area contributed by atoms with Crippen LogP contribution in [0.4, 0.5) is 26.4 Å². The van der Waals surface area contributed by atoms with Crippen LogP contribution < -0.4 is 11.1 Å². The third-order valence-electron chi connectivity index (χ3n) is 2.58. The topological polar surface area (TPSA) is 102 Å². The molecule has 0 saturated heterocycles. The molecule has 3 aromatic rings. The van der Waals surface area contributed by atoms with E-state index in [9.17, 15) is 8.78 Å². The Morgan fingerprint density at radius 2 is 1.95 bits per heavy atom. The second-order valence-corrected chi connectivity index (χ2v) is 4.19. The molecule has 3 rings (SSSR count). The zero-order chi connectivity index (χ0) is 15.5. The van der Waals surface area contributed by atoms with Gasteiger partial charge in [0.25, 0.3) is 0 Å². The Balaban J connectivity index is 1.98. The molecular weight excluding hydrogens is 292 g/mol. The Kier molecular flexibility index (Phi) is 3.52. The van der Waals surface area contributed by atoms with Crippen LogP contribution in [0.25, 0.3) is 11.5 Å². The predicted molar refractivity (Wildman–Crippen MR) is 74.9 cm³/mol. The van der Waals surface area contributed by atoms with Crippen LogP contribution in [-0.4, -0.2) is 24.9 Å². The van der Waals surface area contributed by atoms with Crippen LogP contribution in [0.15, 0.2) is 36.8 Å². The fourth-order valence-electron chi connectivity index (χ4n) is 1.71. The van der Waals surface area contributed by atoms with Crippen LogP contribution in [0.5, 0.6) is 0 Å². The van der Waals surface area contributed by atoms with Crippen molar-refractivity contribution in [3.05, 3.63) is 48.4 Å². The van der Waals surface area contributed by atoms with E-state index in [1.165, 1.54) is 30.6 Å². The molecule has 7 nitrogen and oxygen atoms in total. The van der Waals surface area contributed by atoms with Gasteiger partial charge >= 0.3 is 0 Å². The molecule has 9 heteroatoms. The molecule has 22 heavy (non-hydrogen) atoms. The molecule has 3 heterocycles. The lowest BCUT2D eigenvalue weighted by Gasteiger charge is -2.07. The van der Waals surface area contributed by atoms with Gasteiger partial charge in [0.1, 0.15) is 11.5 Å². The van der Waals surface area contributed by atoms with Crippen LogP contribution in [0, 0.1) is 11.6 Å². The number of hydrogen-bond acceptors (Lipinski definition) is 7. The van der Waals surface area contributed by atoms with Gasteiger partial charge in [-0.25, -0.2) is 13.8 Å². The number of nitrogen functional groups attached to an aromatic ring is 1. The summed E-state index contributed by atoms with van der Waals surface area (Å²) in [6.45, 7) is 0. The number of halogens is 2. The third-order valence-corrected chi connectivity index (χ3v) is 2.58. The van der Waals surface area contributed by atoms with Gasteiger partial charge in [-0.3, -0.25) is 4.98 Å². The van der Waals surface area contributed by atoms with Gasteiger partial charge in [-0.2, -0.15) is 15.0 Å². The normalized spacial score (nSPS) is 10.5. The molecule has 0 atom stereocenters. The van der Waals surface area contributed by atoms with Crippen molar-refractivity contribution in [2.24, 2.45) is 0 Å². The number of nitrogens with two attached hydrogens (primary N) is 1. The van der Waals surface area contributed by atoms with E-state index < -0.39 is 11.6 Å². The summed E-state index contributed by atoms with van der Waals surface area (Å²) in [5, 5.41) is 2.72. The fourth-order valence-corrected chi connectivity index (χ4v) is 1.71. The summed E-state index contributed by atoms with van der Waals surface area (Å²) in [6.07, 6.45) is 3.84. The molecule has 0 aliphatic heterocycles. The Hall–Kier alpha value is -3.23. The third kappa shape index (κ3) is 2.92. The van der Waals surface area contributed by atoms with Crippen molar-refractivity contribution in [2.75, 3.05) is 11.1 Å². The first-order valence-electron chi connectivity index (χ1n) is 6.12. The van der Waals surface area contributed by atoms with Crippen molar-refractivity contribution >= 4 is 17.6 Å². The lowest BCUT2D eigenvalue weighted by Crippen LogP contribution is -2.06. The first kappa shape index (κ1) is 13.7. The van der Waals surface area contributed by atoms with Crippen molar-refractivity contribution in [2.45, 2.75) is 0 Å². The number of aromatic nitrogens is 5. The maximum atomic E-state index is 13.7. The van der Waals surface area contributed by atoms with Gasteiger partial charge in [0.15, 0.2) is 11.6 Å². The molecule has 0 fully saturated rings. The van der Waals surface area contributed by atoms with E-state index >= 15 is 0 Å². The van der Waals surface area contributed by atoms with Gasteiger partial charge in [0.05, 0.1) is 18.1 Å². The quantitative estimate of drug-likeness (QED) is 0.762. The number of nitrogens with zero attached hydrogens (tertiary/aromatic N) is 5. The van der Waals surface area contributed by atoms with Gasteiger partial charge in [-0.15, -0.1) is 0 Å². The van der Waals surface area contributed by atoms with Gasteiger partial charge < -0.3 is 11.1 Å². The molecule has 0 saturated carbocycles. The summed E-state index contributed by atoms with van der Waals surface area (Å²) in [7, 11) is 0. The summed E-state index contributed by atoms with van der Waals surface area (Å²) in [5.41, 5.74) is 5.85. The standard InChI is InChI=1S/C13H9F2N7/c14-7-4-8(6-17-5-7)19-13-21-11(20-12(16)22-13)10-9(15)2-1-3-18-10/h1-6H,(H3,16,19,20,21,22). The summed E-state index contributed by atoms with van der Waals surface area (Å²) in [5.74, 6) is -1.24. The molecule has 0 radical (unpaired) electrons. The minimum absolute atomic E-state index is 0.0277.